The molecule has 7 nitrogen and oxygen atoms in total. The van der Waals surface area contributed by atoms with Gasteiger partial charge in [0.05, 0.1) is 27.9 Å². The van der Waals surface area contributed by atoms with E-state index in [2.05, 4.69) is 23.1 Å². The smallest absolute Gasteiger partial charge is 0.347 e. The zero-order valence-electron chi connectivity index (χ0n) is 21.1. The number of carbonyl (C=O) groups excluding carboxylic acids is 1. The summed E-state index contributed by atoms with van der Waals surface area (Å²) in [6.07, 6.45) is 1.70. The van der Waals surface area contributed by atoms with Gasteiger partial charge in [-0.2, -0.15) is 0 Å². The number of rotatable bonds is 7. The van der Waals surface area contributed by atoms with Crippen LogP contribution < -0.4 is 23.7 Å². The van der Waals surface area contributed by atoms with E-state index in [9.17, 15) is 4.79 Å². The molecule has 188 valence electrons. The monoisotopic (exact) mass is 489 g/mol. The molecule has 0 bridgehead atoms. The predicted octanol–water partition coefficient (Wildman–Crippen LogP) is 4.99. The SMILES string of the molecule is CCOc1ccccc1C(=O)Oc1c(OC)ccc2c1CN1CCc3cc(OC)c(OC)cc3C1C2. The summed E-state index contributed by atoms with van der Waals surface area (Å²) in [5.41, 5.74) is 5.05. The number of para-hydroxylation sites is 1. The first kappa shape index (κ1) is 24.0. The Morgan fingerprint density at radius 2 is 1.67 bits per heavy atom. The third-order valence-electron chi connectivity index (χ3n) is 7.03. The number of methoxy groups -OCH3 is 3. The standard InChI is InChI=1S/C29H31NO6/c1-5-35-24-9-7-6-8-20(24)29(31)36-28-22-17-30-13-12-19-15-26(33-3)27(34-4)16-21(19)23(30)14-18(22)10-11-25(28)32-2/h6-11,15-16,23H,5,12-14,17H2,1-4H3. The first-order valence-electron chi connectivity index (χ1n) is 12.2. The number of nitrogens with zero attached hydrogens (tertiary/aromatic N) is 1. The van der Waals surface area contributed by atoms with Gasteiger partial charge in [0.1, 0.15) is 11.3 Å². The van der Waals surface area contributed by atoms with Crippen LogP contribution in [0, 0.1) is 0 Å². The average molecular weight is 490 g/mol. The minimum Gasteiger partial charge on any atom is -0.493 e. The van der Waals surface area contributed by atoms with Gasteiger partial charge in [-0.3, -0.25) is 4.90 Å². The fraction of sp³-hybridized carbons (Fsp3) is 0.345. The van der Waals surface area contributed by atoms with E-state index in [0.717, 1.165) is 42.0 Å². The lowest BCUT2D eigenvalue weighted by atomic mass is 9.83. The fourth-order valence-corrected chi connectivity index (χ4v) is 5.27. The van der Waals surface area contributed by atoms with Gasteiger partial charge in [-0.15, -0.1) is 0 Å². The van der Waals surface area contributed by atoms with Gasteiger partial charge >= 0.3 is 5.97 Å². The first-order chi connectivity index (χ1) is 17.6. The maximum absolute atomic E-state index is 13.2. The van der Waals surface area contributed by atoms with Crippen LogP contribution in [0.1, 0.15) is 45.6 Å². The largest absolute Gasteiger partial charge is 0.493 e. The van der Waals surface area contributed by atoms with Crippen LogP contribution in [-0.4, -0.2) is 45.4 Å². The van der Waals surface area contributed by atoms with Gasteiger partial charge < -0.3 is 23.7 Å². The second kappa shape index (κ2) is 10.1. The van der Waals surface area contributed by atoms with Gasteiger partial charge in [0, 0.05) is 24.7 Å². The van der Waals surface area contributed by atoms with Crippen LogP contribution in [-0.2, 0) is 19.4 Å². The van der Waals surface area contributed by atoms with Crippen LogP contribution in [0.3, 0.4) is 0 Å². The summed E-state index contributed by atoms with van der Waals surface area (Å²) in [6, 6.07) is 15.5. The molecule has 3 aromatic rings. The van der Waals surface area contributed by atoms with Gasteiger partial charge in [0.15, 0.2) is 23.0 Å². The molecule has 0 radical (unpaired) electrons. The first-order valence-corrected chi connectivity index (χ1v) is 12.2. The van der Waals surface area contributed by atoms with Crippen LogP contribution in [0.5, 0.6) is 28.7 Å². The second-order valence-electron chi connectivity index (χ2n) is 8.90. The van der Waals surface area contributed by atoms with E-state index in [0.29, 0.717) is 36.0 Å². The van der Waals surface area contributed by atoms with Gasteiger partial charge in [0.25, 0.3) is 0 Å². The number of fused-ring (bicyclic) bond motifs is 4. The maximum atomic E-state index is 13.2. The Labute approximate surface area is 211 Å². The van der Waals surface area contributed by atoms with Crippen LogP contribution in [0.4, 0.5) is 0 Å². The Morgan fingerprint density at radius 3 is 2.42 bits per heavy atom. The number of ether oxygens (including phenoxy) is 5. The van der Waals surface area contributed by atoms with Crippen LogP contribution in [0.25, 0.3) is 0 Å². The second-order valence-corrected chi connectivity index (χ2v) is 8.90. The summed E-state index contributed by atoms with van der Waals surface area (Å²) < 4.78 is 28.4. The summed E-state index contributed by atoms with van der Waals surface area (Å²) in [5.74, 6) is 2.55. The zero-order chi connectivity index (χ0) is 25.2. The third-order valence-corrected chi connectivity index (χ3v) is 7.03. The Morgan fingerprint density at radius 1 is 0.917 bits per heavy atom. The molecular formula is C29H31NO6. The Bertz CT molecular complexity index is 1290. The molecule has 0 saturated carbocycles. The lowest BCUT2D eigenvalue weighted by molar-refractivity contribution is 0.0718. The normalized spacial score (nSPS) is 16.3. The maximum Gasteiger partial charge on any atom is 0.347 e. The molecule has 2 heterocycles. The van der Waals surface area contributed by atoms with Crippen LogP contribution in [0.15, 0.2) is 48.5 Å². The van der Waals surface area contributed by atoms with E-state index in [1.165, 1.54) is 11.1 Å². The van der Waals surface area contributed by atoms with Gasteiger partial charge in [-0.25, -0.2) is 4.79 Å². The molecule has 1 atom stereocenters. The summed E-state index contributed by atoms with van der Waals surface area (Å²) >= 11 is 0. The van der Waals surface area contributed by atoms with Crippen molar-refractivity contribution in [3.63, 3.8) is 0 Å². The van der Waals surface area contributed by atoms with E-state index >= 15 is 0 Å². The molecule has 7 heteroatoms. The van der Waals surface area contributed by atoms with E-state index in [1.54, 1.807) is 39.5 Å². The summed E-state index contributed by atoms with van der Waals surface area (Å²) in [7, 11) is 4.92. The van der Waals surface area contributed by atoms with Crippen molar-refractivity contribution in [3.8, 4) is 28.7 Å². The molecule has 0 saturated heterocycles. The zero-order valence-corrected chi connectivity index (χ0v) is 21.1. The highest BCUT2D eigenvalue weighted by molar-refractivity contribution is 5.94. The number of carbonyl (C=O) groups is 1. The molecule has 5 rings (SSSR count). The lowest BCUT2D eigenvalue weighted by Gasteiger charge is -2.42. The van der Waals surface area contributed by atoms with E-state index in [-0.39, 0.29) is 6.04 Å². The average Bonchev–Trinajstić information content (AvgIpc) is 2.91. The highest BCUT2D eigenvalue weighted by Crippen LogP contribution is 2.46. The number of hydrogen-bond acceptors (Lipinski definition) is 7. The molecule has 1 unspecified atom stereocenters. The van der Waals surface area contributed by atoms with Crippen molar-refractivity contribution in [1.82, 2.24) is 4.90 Å². The van der Waals surface area contributed by atoms with Crippen LogP contribution >= 0.6 is 0 Å². The summed E-state index contributed by atoms with van der Waals surface area (Å²) in [4.78, 5) is 15.7. The van der Waals surface area contributed by atoms with Gasteiger partial charge in [0.2, 0.25) is 0 Å². The molecule has 0 aromatic heterocycles. The molecule has 36 heavy (non-hydrogen) atoms. The molecule has 0 aliphatic carbocycles. The molecule has 0 spiro atoms. The van der Waals surface area contributed by atoms with Crippen molar-refractivity contribution in [1.29, 1.82) is 0 Å². The number of benzene rings is 3. The Kier molecular flexibility index (Phi) is 6.74. The molecular weight excluding hydrogens is 458 g/mol. The summed E-state index contributed by atoms with van der Waals surface area (Å²) in [6.45, 7) is 3.89. The van der Waals surface area contributed by atoms with Crippen LogP contribution in [0.2, 0.25) is 0 Å². The summed E-state index contributed by atoms with van der Waals surface area (Å²) in [5, 5.41) is 0. The van der Waals surface area contributed by atoms with E-state index in [4.69, 9.17) is 23.7 Å². The molecule has 0 N–H and O–H groups in total. The highest BCUT2D eigenvalue weighted by Gasteiger charge is 2.35. The van der Waals surface area contributed by atoms with Crippen molar-refractivity contribution in [2.45, 2.75) is 32.4 Å². The minimum atomic E-state index is -0.464. The topological polar surface area (TPSA) is 66.5 Å². The van der Waals surface area contributed by atoms with Gasteiger partial charge in [-0.05, 0) is 66.8 Å². The molecule has 0 fully saturated rings. The van der Waals surface area contributed by atoms with E-state index < -0.39 is 5.97 Å². The van der Waals surface area contributed by atoms with Crippen molar-refractivity contribution in [2.75, 3.05) is 34.5 Å². The molecule has 0 amide bonds. The Balaban J connectivity index is 1.50. The van der Waals surface area contributed by atoms with Crippen molar-refractivity contribution >= 4 is 5.97 Å². The van der Waals surface area contributed by atoms with Crippen molar-refractivity contribution in [2.24, 2.45) is 0 Å². The highest BCUT2D eigenvalue weighted by atomic mass is 16.6. The Hall–Kier alpha value is -3.71. The predicted molar refractivity (Wildman–Crippen MR) is 136 cm³/mol. The van der Waals surface area contributed by atoms with Gasteiger partial charge in [-0.1, -0.05) is 18.2 Å². The quantitative estimate of drug-likeness (QED) is 0.342. The fourth-order valence-electron chi connectivity index (χ4n) is 5.27. The lowest BCUT2D eigenvalue weighted by Crippen LogP contribution is -2.39. The van der Waals surface area contributed by atoms with Crippen molar-refractivity contribution in [3.05, 3.63) is 76.3 Å². The number of esters is 1. The molecule has 3 aromatic carbocycles. The van der Waals surface area contributed by atoms with E-state index in [1.807, 2.05) is 19.1 Å². The number of hydrogen-bond donors (Lipinski definition) is 0. The molecule has 2 aliphatic heterocycles. The molecule has 2 aliphatic rings. The van der Waals surface area contributed by atoms with Crippen molar-refractivity contribution < 1.29 is 28.5 Å². The minimum absolute atomic E-state index is 0.205. The third kappa shape index (κ3) is 4.24.